The van der Waals surface area contributed by atoms with Gasteiger partial charge in [-0.3, -0.25) is 0 Å². The van der Waals surface area contributed by atoms with Gasteiger partial charge in [0, 0.05) is 11.7 Å². The van der Waals surface area contributed by atoms with Crippen molar-refractivity contribution in [3.05, 3.63) is 29.8 Å². The van der Waals surface area contributed by atoms with Crippen LogP contribution < -0.4 is 5.32 Å². The highest BCUT2D eigenvalue weighted by atomic mass is 16.5. The smallest absolute Gasteiger partial charge is 0.340 e. The Bertz CT molecular complexity index is 413. The van der Waals surface area contributed by atoms with E-state index in [1.165, 1.54) is 12.8 Å². The maximum absolute atomic E-state index is 11.9. The molecule has 1 N–H and O–H groups in total. The van der Waals surface area contributed by atoms with Gasteiger partial charge >= 0.3 is 5.97 Å². The van der Waals surface area contributed by atoms with E-state index in [1.54, 1.807) is 0 Å². The fourth-order valence-electron chi connectivity index (χ4n) is 2.25. The number of carbonyl (C=O) groups is 1. The normalized spacial score (nSPS) is 16.1. The summed E-state index contributed by atoms with van der Waals surface area (Å²) in [6, 6.07) is 8.07. The molecule has 0 aromatic heterocycles. The lowest BCUT2D eigenvalue weighted by molar-refractivity contribution is 0.0527. The van der Waals surface area contributed by atoms with Gasteiger partial charge in [0.15, 0.2) is 0 Å². The lowest BCUT2D eigenvalue weighted by atomic mass is 10.1. The monoisotopic (exact) mass is 247 g/mol. The van der Waals surface area contributed by atoms with Gasteiger partial charge in [-0.25, -0.2) is 4.79 Å². The first kappa shape index (κ1) is 12.9. The van der Waals surface area contributed by atoms with Crippen molar-refractivity contribution >= 4 is 11.7 Å². The quantitative estimate of drug-likeness (QED) is 0.782. The zero-order valence-corrected chi connectivity index (χ0v) is 11.1. The van der Waals surface area contributed by atoms with Crippen molar-refractivity contribution < 1.29 is 9.53 Å². The summed E-state index contributed by atoms with van der Waals surface area (Å²) in [5.41, 5.74) is 1.54. The molecule has 1 saturated carbocycles. The van der Waals surface area contributed by atoms with Crippen LogP contribution >= 0.6 is 0 Å². The number of esters is 1. The Morgan fingerprint density at radius 3 is 2.72 bits per heavy atom. The largest absolute Gasteiger partial charge is 0.462 e. The van der Waals surface area contributed by atoms with Crippen LogP contribution in [0.15, 0.2) is 24.3 Å². The Kier molecular flexibility index (Phi) is 4.24. The minimum atomic E-state index is -0.244. The first-order valence-corrected chi connectivity index (χ1v) is 6.79. The van der Waals surface area contributed by atoms with E-state index in [4.69, 9.17) is 4.74 Å². The van der Waals surface area contributed by atoms with Gasteiger partial charge in [0.25, 0.3) is 0 Å². The van der Waals surface area contributed by atoms with Crippen LogP contribution in [0.4, 0.5) is 5.69 Å². The Balaban J connectivity index is 2.13. The molecule has 3 nitrogen and oxygen atoms in total. The van der Waals surface area contributed by atoms with Crippen molar-refractivity contribution in [3.8, 4) is 0 Å². The van der Waals surface area contributed by atoms with E-state index in [1.807, 2.05) is 31.2 Å². The Hall–Kier alpha value is -1.51. The standard InChI is InChI=1S/C15H21NO2/c1-3-13(11-9-10-11)16-14-8-6-5-7-12(14)15(17)18-4-2/h5-8,11,13,16H,3-4,9-10H2,1-2H3. The summed E-state index contributed by atoms with van der Waals surface area (Å²) in [4.78, 5) is 11.9. The van der Waals surface area contributed by atoms with Crippen molar-refractivity contribution in [3.63, 3.8) is 0 Å². The fraction of sp³-hybridized carbons (Fsp3) is 0.533. The average molecular weight is 247 g/mol. The van der Waals surface area contributed by atoms with Gasteiger partial charge in [0.1, 0.15) is 0 Å². The molecule has 1 unspecified atom stereocenters. The molecule has 3 heteroatoms. The summed E-state index contributed by atoms with van der Waals surface area (Å²) in [5, 5.41) is 3.50. The molecule has 1 aromatic rings. The van der Waals surface area contributed by atoms with Crippen LogP contribution in [-0.4, -0.2) is 18.6 Å². The van der Waals surface area contributed by atoms with Gasteiger partial charge in [-0.1, -0.05) is 19.1 Å². The number of anilines is 1. The Morgan fingerprint density at radius 1 is 1.39 bits per heavy atom. The van der Waals surface area contributed by atoms with Crippen molar-refractivity contribution in [2.75, 3.05) is 11.9 Å². The van der Waals surface area contributed by atoms with Crippen molar-refractivity contribution in [1.29, 1.82) is 0 Å². The summed E-state index contributed by atoms with van der Waals surface area (Å²) in [6.45, 7) is 4.42. The number of benzene rings is 1. The number of rotatable bonds is 6. The molecule has 0 saturated heterocycles. The third kappa shape index (κ3) is 3.03. The molecular formula is C15H21NO2. The van der Waals surface area contributed by atoms with E-state index in [9.17, 15) is 4.79 Å². The molecule has 0 amide bonds. The molecular weight excluding hydrogens is 226 g/mol. The summed E-state index contributed by atoms with van der Waals surface area (Å²) in [6.07, 6.45) is 3.68. The summed E-state index contributed by atoms with van der Waals surface area (Å²) in [5.74, 6) is 0.525. The maximum Gasteiger partial charge on any atom is 0.340 e. The minimum absolute atomic E-state index is 0.244. The van der Waals surface area contributed by atoms with Crippen LogP contribution in [0.3, 0.4) is 0 Å². The highest BCUT2D eigenvalue weighted by Gasteiger charge is 2.30. The van der Waals surface area contributed by atoms with Gasteiger partial charge in [-0.15, -0.1) is 0 Å². The highest BCUT2D eigenvalue weighted by molar-refractivity contribution is 5.95. The van der Waals surface area contributed by atoms with Gasteiger partial charge in [0.05, 0.1) is 12.2 Å². The van der Waals surface area contributed by atoms with Gasteiger partial charge in [-0.2, -0.15) is 0 Å². The molecule has 1 aromatic carbocycles. The molecule has 0 heterocycles. The number of nitrogens with one attached hydrogen (secondary N) is 1. The van der Waals surface area contributed by atoms with Crippen LogP contribution in [0, 0.1) is 5.92 Å². The maximum atomic E-state index is 11.9. The van der Waals surface area contributed by atoms with Crippen LogP contribution in [0.2, 0.25) is 0 Å². The topological polar surface area (TPSA) is 38.3 Å². The van der Waals surface area contributed by atoms with E-state index >= 15 is 0 Å². The van der Waals surface area contributed by atoms with Crippen molar-refractivity contribution in [2.24, 2.45) is 5.92 Å². The van der Waals surface area contributed by atoms with Crippen molar-refractivity contribution in [1.82, 2.24) is 0 Å². The third-order valence-electron chi connectivity index (χ3n) is 3.39. The van der Waals surface area contributed by atoms with E-state index in [0.29, 0.717) is 18.2 Å². The molecule has 1 aliphatic rings. The first-order valence-electron chi connectivity index (χ1n) is 6.79. The predicted octanol–water partition coefficient (Wildman–Crippen LogP) is 3.46. The molecule has 0 spiro atoms. The molecule has 1 atom stereocenters. The second-order valence-corrected chi connectivity index (χ2v) is 4.76. The zero-order valence-electron chi connectivity index (χ0n) is 11.1. The van der Waals surface area contributed by atoms with Crippen molar-refractivity contribution in [2.45, 2.75) is 39.2 Å². The number of hydrogen-bond acceptors (Lipinski definition) is 3. The fourth-order valence-corrected chi connectivity index (χ4v) is 2.25. The lowest BCUT2D eigenvalue weighted by Crippen LogP contribution is -2.22. The van der Waals surface area contributed by atoms with E-state index in [-0.39, 0.29) is 5.97 Å². The molecule has 2 rings (SSSR count). The van der Waals surface area contributed by atoms with Gasteiger partial charge in [0.2, 0.25) is 0 Å². The van der Waals surface area contributed by atoms with E-state index in [0.717, 1.165) is 18.0 Å². The summed E-state index contributed by atoms with van der Waals surface area (Å²) >= 11 is 0. The molecule has 1 fully saturated rings. The highest BCUT2D eigenvalue weighted by Crippen LogP contribution is 2.36. The molecule has 1 aliphatic carbocycles. The number of ether oxygens (including phenoxy) is 1. The lowest BCUT2D eigenvalue weighted by Gasteiger charge is -2.19. The van der Waals surface area contributed by atoms with Gasteiger partial charge < -0.3 is 10.1 Å². The number of carbonyl (C=O) groups excluding carboxylic acids is 1. The molecule has 18 heavy (non-hydrogen) atoms. The van der Waals surface area contributed by atoms with Crippen LogP contribution in [0.1, 0.15) is 43.5 Å². The molecule has 0 bridgehead atoms. The molecule has 98 valence electrons. The summed E-state index contributed by atoms with van der Waals surface area (Å²) in [7, 11) is 0. The van der Waals surface area contributed by atoms with E-state index < -0.39 is 0 Å². The Labute approximate surface area is 109 Å². The van der Waals surface area contributed by atoms with E-state index in [2.05, 4.69) is 12.2 Å². The SMILES string of the molecule is CCOC(=O)c1ccccc1NC(CC)C1CC1. The predicted molar refractivity (Wildman–Crippen MR) is 72.8 cm³/mol. The van der Waals surface area contributed by atoms with Crippen LogP contribution in [-0.2, 0) is 4.74 Å². The number of para-hydroxylation sites is 1. The average Bonchev–Trinajstić information content (AvgIpc) is 3.21. The van der Waals surface area contributed by atoms with Crippen LogP contribution in [0.25, 0.3) is 0 Å². The Morgan fingerprint density at radius 2 is 2.11 bits per heavy atom. The second kappa shape index (κ2) is 5.89. The zero-order chi connectivity index (χ0) is 13.0. The van der Waals surface area contributed by atoms with Gasteiger partial charge in [-0.05, 0) is 44.2 Å². The third-order valence-corrected chi connectivity index (χ3v) is 3.39. The first-order chi connectivity index (χ1) is 8.76. The molecule has 0 radical (unpaired) electrons. The number of hydrogen-bond donors (Lipinski definition) is 1. The molecule has 0 aliphatic heterocycles. The second-order valence-electron chi connectivity index (χ2n) is 4.76. The minimum Gasteiger partial charge on any atom is -0.462 e. The van der Waals surface area contributed by atoms with Crippen LogP contribution in [0.5, 0.6) is 0 Å². The summed E-state index contributed by atoms with van der Waals surface area (Å²) < 4.78 is 5.08.